The number of aliphatic hydroxyl groups is 1. The molecule has 0 saturated heterocycles. The molecule has 0 aromatic heterocycles. The van der Waals surface area contributed by atoms with Gasteiger partial charge >= 0.3 is 0 Å². The number of β-amino-alcohol motifs (C(OH)–C–C–N with tert-alkyl or cyclic N) is 1. The fourth-order valence-electron chi connectivity index (χ4n) is 2.99. The molecule has 136 valence electrons. The lowest BCUT2D eigenvalue weighted by atomic mass is 9.87. The van der Waals surface area contributed by atoms with Crippen molar-refractivity contribution in [2.24, 2.45) is 0 Å². The van der Waals surface area contributed by atoms with Crippen LogP contribution in [-0.2, 0) is 22.3 Å². The number of fused-ring (bicyclic) bond motifs is 1. The van der Waals surface area contributed by atoms with Crippen LogP contribution in [0.15, 0.2) is 18.2 Å². The third-order valence-corrected chi connectivity index (χ3v) is 4.38. The van der Waals surface area contributed by atoms with Gasteiger partial charge in [0.2, 0.25) is 0 Å². The first-order valence-electron chi connectivity index (χ1n) is 8.56. The van der Waals surface area contributed by atoms with Crippen LogP contribution in [0.1, 0.15) is 31.9 Å². The summed E-state index contributed by atoms with van der Waals surface area (Å²) in [5.41, 5.74) is 2.37. The molecule has 0 amide bonds. The monoisotopic (exact) mass is 337 g/mol. The quantitative estimate of drug-likeness (QED) is 0.796. The zero-order chi connectivity index (χ0) is 17.7. The van der Waals surface area contributed by atoms with Crippen LogP contribution < -0.4 is 10.1 Å². The number of hydrogen-bond acceptors (Lipinski definition) is 5. The summed E-state index contributed by atoms with van der Waals surface area (Å²) in [6, 6.07) is 6.06. The summed E-state index contributed by atoms with van der Waals surface area (Å²) in [6.07, 6.45) is 1.12. The number of methoxy groups -OCH3 is 2. The van der Waals surface area contributed by atoms with Gasteiger partial charge in [0.25, 0.3) is 0 Å². The van der Waals surface area contributed by atoms with Gasteiger partial charge in [-0.25, -0.2) is 0 Å². The van der Waals surface area contributed by atoms with E-state index in [0.29, 0.717) is 6.54 Å². The molecular weight excluding hydrogens is 306 g/mol. The Bertz CT molecular complexity index is 527. The Hall–Kier alpha value is -1.14. The van der Waals surface area contributed by atoms with E-state index in [2.05, 4.69) is 32.2 Å². The fraction of sp³-hybridized carbons (Fsp3) is 0.684. The molecule has 2 rings (SSSR count). The summed E-state index contributed by atoms with van der Waals surface area (Å²) in [5.74, 6) is 0.832. The Kier molecular flexibility index (Phi) is 6.63. The smallest absolute Gasteiger partial charge is 0.123 e. The first-order valence-corrected chi connectivity index (χ1v) is 8.56. The van der Waals surface area contributed by atoms with E-state index in [9.17, 15) is 5.11 Å². The van der Waals surface area contributed by atoms with Gasteiger partial charge in [-0.15, -0.1) is 0 Å². The second kappa shape index (κ2) is 8.30. The van der Waals surface area contributed by atoms with Gasteiger partial charge in [-0.05, 0) is 32.4 Å². The fourth-order valence-corrected chi connectivity index (χ4v) is 2.99. The van der Waals surface area contributed by atoms with Crippen LogP contribution in [0.25, 0.3) is 0 Å². The van der Waals surface area contributed by atoms with Gasteiger partial charge in [-0.3, -0.25) is 0 Å². The highest BCUT2D eigenvalue weighted by molar-refractivity contribution is 5.43. The van der Waals surface area contributed by atoms with E-state index in [1.165, 1.54) is 5.56 Å². The summed E-state index contributed by atoms with van der Waals surface area (Å²) in [6.45, 7) is 7.00. The molecule has 0 fully saturated rings. The molecule has 1 unspecified atom stereocenters. The average molecular weight is 337 g/mol. The van der Waals surface area contributed by atoms with Crippen LogP contribution in [0, 0.1) is 0 Å². The molecule has 3 atom stereocenters. The predicted octanol–water partition coefficient (Wildman–Crippen LogP) is 1.94. The Morgan fingerprint density at radius 3 is 2.46 bits per heavy atom. The van der Waals surface area contributed by atoms with Gasteiger partial charge < -0.3 is 24.6 Å². The lowest BCUT2D eigenvalue weighted by Gasteiger charge is -2.32. The number of rotatable bonds is 7. The Morgan fingerprint density at radius 1 is 1.17 bits per heavy atom. The molecule has 2 N–H and O–H groups in total. The first kappa shape index (κ1) is 19.2. The molecule has 0 saturated carbocycles. The molecule has 1 aromatic carbocycles. The van der Waals surface area contributed by atoms with Crippen molar-refractivity contribution in [2.45, 2.75) is 57.5 Å². The number of aliphatic hydroxyl groups excluding tert-OH is 1. The number of benzene rings is 1. The molecule has 5 nitrogen and oxygen atoms in total. The minimum atomic E-state index is -0.548. The topological polar surface area (TPSA) is 60.0 Å². The van der Waals surface area contributed by atoms with Crippen LogP contribution in [0.4, 0.5) is 0 Å². The maximum Gasteiger partial charge on any atom is 0.123 e. The first-order chi connectivity index (χ1) is 11.3. The molecule has 0 bridgehead atoms. The molecule has 0 aliphatic heterocycles. The SMILES string of the molecule is CO[C@H]1Cc2cccc(OCC(O)CNC(C)(C)C)c2C[C@H]1OC. The second-order valence-electron chi connectivity index (χ2n) is 7.45. The van der Waals surface area contributed by atoms with Crippen molar-refractivity contribution in [3.8, 4) is 5.75 Å². The largest absolute Gasteiger partial charge is 0.491 e. The van der Waals surface area contributed by atoms with Crippen molar-refractivity contribution in [2.75, 3.05) is 27.4 Å². The van der Waals surface area contributed by atoms with Gasteiger partial charge in [-0.2, -0.15) is 0 Å². The zero-order valence-electron chi connectivity index (χ0n) is 15.5. The zero-order valence-corrected chi connectivity index (χ0v) is 15.5. The lowest BCUT2D eigenvalue weighted by Crippen LogP contribution is -2.42. The Labute approximate surface area is 145 Å². The summed E-state index contributed by atoms with van der Waals surface area (Å²) < 4.78 is 17.0. The summed E-state index contributed by atoms with van der Waals surface area (Å²) >= 11 is 0. The minimum Gasteiger partial charge on any atom is -0.491 e. The number of ether oxygens (including phenoxy) is 3. The van der Waals surface area contributed by atoms with Crippen LogP contribution >= 0.6 is 0 Å². The highest BCUT2D eigenvalue weighted by Crippen LogP contribution is 2.32. The highest BCUT2D eigenvalue weighted by Gasteiger charge is 2.30. The average Bonchev–Trinajstić information content (AvgIpc) is 2.56. The van der Waals surface area contributed by atoms with E-state index in [4.69, 9.17) is 14.2 Å². The van der Waals surface area contributed by atoms with Gasteiger partial charge in [0.05, 0.1) is 12.2 Å². The second-order valence-corrected chi connectivity index (χ2v) is 7.45. The van der Waals surface area contributed by atoms with E-state index in [0.717, 1.165) is 24.2 Å². The maximum atomic E-state index is 10.1. The van der Waals surface area contributed by atoms with Crippen LogP contribution in [0.3, 0.4) is 0 Å². The Balaban J connectivity index is 2.00. The molecule has 0 spiro atoms. The summed E-state index contributed by atoms with van der Waals surface area (Å²) in [7, 11) is 3.44. The minimum absolute atomic E-state index is 0.0201. The molecule has 5 heteroatoms. The van der Waals surface area contributed by atoms with Gasteiger partial charge in [0.1, 0.15) is 18.5 Å². The van der Waals surface area contributed by atoms with Crippen molar-refractivity contribution < 1.29 is 19.3 Å². The van der Waals surface area contributed by atoms with E-state index in [1.807, 2.05) is 12.1 Å². The Morgan fingerprint density at radius 2 is 1.83 bits per heavy atom. The van der Waals surface area contributed by atoms with Crippen molar-refractivity contribution in [3.05, 3.63) is 29.3 Å². The molecule has 0 heterocycles. The van der Waals surface area contributed by atoms with E-state index < -0.39 is 6.10 Å². The molecule has 1 aromatic rings. The number of nitrogens with one attached hydrogen (secondary N) is 1. The summed E-state index contributed by atoms with van der Waals surface area (Å²) in [5, 5.41) is 13.4. The van der Waals surface area contributed by atoms with Crippen LogP contribution in [0.2, 0.25) is 0 Å². The summed E-state index contributed by atoms with van der Waals surface area (Å²) in [4.78, 5) is 0. The lowest BCUT2D eigenvalue weighted by molar-refractivity contribution is -0.0403. The molecule has 24 heavy (non-hydrogen) atoms. The van der Waals surface area contributed by atoms with Crippen molar-refractivity contribution >= 4 is 0 Å². The van der Waals surface area contributed by atoms with Crippen molar-refractivity contribution in [1.82, 2.24) is 5.32 Å². The van der Waals surface area contributed by atoms with Gasteiger partial charge in [0.15, 0.2) is 0 Å². The molecule has 1 aliphatic carbocycles. The van der Waals surface area contributed by atoms with Gasteiger partial charge in [-0.1, -0.05) is 12.1 Å². The van der Waals surface area contributed by atoms with E-state index in [1.54, 1.807) is 14.2 Å². The normalized spacial score (nSPS) is 22.1. The highest BCUT2D eigenvalue weighted by atomic mass is 16.5. The van der Waals surface area contributed by atoms with E-state index in [-0.39, 0.29) is 24.4 Å². The van der Waals surface area contributed by atoms with Crippen LogP contribution in [-0.4, -0.2) is 56.3 Å². The predicted molar refractivity (Wildman–Crippen MR) is 94.7 cm³/mol. The number of hydrogen-bond donors (Lipinski definition) is 2. The standard InChI is InChI=1S/C19H31NO4/c1-19(2,3)20-11-14(21)12-24-16-8-6-7-13-9-17(22-4)18(23-5)10-15(13)16/h6-8,14,17-18,20-21H,9-12H2,1-5H3/t14?,17-,18+/m0/s1. The molecular formula is C19H31NO4. The van der Waals surface area contributed by atoms with Crippen LogP contribution in [0.5, 0.6) is 5.75 Å². The van der Waals surface area contributed by atoms with Crippen molar-refractivity contribution in [3.63, 3.8) is 0 Å². The molecule has 0 radical (unpaired) electrons. The third kappa shape index (κ3) is 5.18. The van der Waals surface area contributed by atoms with Crippen molar-refractivity contribution in [1.29, 1.82) is 0 Å². The van der Waals surface area contributed by atoms with E-state index >= 15 is 0 Å². The third-order valence-electron chi connectivity index (χ3n) is 4.38. The maximum absolute atomic E-state index is 10.1. The van der Waals surface area contributed by atoms with Gasteiger partial charge in [0, 0.05) is 44.7 Å². The molecule has 1 aliphatic rings.